The van der Waals surface area contributed by atoms with Gasteiger partial charge in [0, 0.05) is 4.92 Å². The molecule has 2 aromatic carbocycles. The van der Waals surface area contributed by atoms with Gasteiger partial charge in [0.1, 0.15) is 5.75 Å². The van der Waals surface area contributed by atoms with Crippen molar-refractivity contribution in [1.82, 2.24) is 0 Å². The molecule has 2 rings (SSSR count). The molecule has 0 aliphatic heterocycles. The molecule has 0 saturated heterocycles. The summed E-state index contributed by atoms with van der Waals surface area (Å²) in [6.07, 6.45) is 0. The van der Waals surface area contributed by atoms with E-state index >= 15 is 0 Å². The molecule has 2 aromatic rings. The van der Waals surface area contributed by atoms with Crippen molar-refractivity contribution in [3.05, 3.63) is 71.6 Å². The van der Waals surface area contributed by atoms with Crippen molar-refractivity contribution < 1.29 is 27.5 Å². The van der Waals surface area contributed by atoms with E-state index in [1.54, 1.807) is 13.2 Å². The number of nitro groups is 1. The summed E-state index contributed by atoms with van der Waals surface area (Å²) in [7, 11) is 6.25. The summed E-state index contributed by atoms with van der Waals surface area (Å²) in [5.41, 5.74) is 2.28. The molecule has 0 unspecified atom stereocenters. The molecule has 5 nitrogen and oxygen atoms in total. The second kappa shape index (κ2) is 10.9. The number of ether oxygens (including phenoxy) is 1. The van der Waals surface area contributed by atoms with E-state index in [1.165, 1.54) is 30.0 Å². The van der Waals surface area contributed by atoms with Gasteiger partial charge in [0.15, 0.2) is 5.69 Å². The molecule has 0 fully saturated rings. The van der Waals surface area contributed by atoms with Crippen LogP contribution in [0.5, 0.6) is 5.75 Å². The van der Waals surface area contributed by atoms with Crippen LogP contribution in [0.4, 0.5) is 11.4 Å². The quantitative estimate of drug-likeness (QED) is 0.259. The van der Waals surface area contributed by atoms with E-state index < -0.39 is 4.92 Å². The van der Waals surface area contributed by atoms with Crippen LogP contribution in [0.1, 0.15) is 12.5 Å². The van der Waals surface area contributed by atoms with Crippen LogP contribution in [0, 0.1) is 23.6 Å². The van der Waals surface area contributed by atoms with Crippen LogP contribution in [0.2, 0.25) is 0 Å². The van der Waals surface area contributed by atoms with Crippen LogP contribution in [0.15, 0.2) is 47.5 Å². The number of aliphatic imine (C=N–C) groups is 1. The summed E-state index contributed by atoms with van der Waals surface area (Å²) in [5, 5.41) is 10.6. The Hall–Kier alpha value is -1.75. The number of nitrogens with zero attached hydrogens (tertiary/aromatic N) is 2. The topological polar surface area (TPSA) is 64.7 Å². The minimum absolute atomic E-state index is 0. The van der Waals surface area contributed by atoms with Crippen molar-refractivity contribution in [2.75, 3.05) is 7.11 Å². The van der Waals surface area contributed by atoms with Crippen molar-refractivity contribution in [2.45, 2.75) is 6.92 Å². The van der Waals surface area contributed by atoms with E-state index in [1.807, 2.05) is 31.2 Å². The van der Waals surface area contributed by atoms with Crippen LogP contribution in [0.25, 0.3) is 0 Å². The number of halogens is 1. The van der Waals surface area contributed by atoms with E-state index in [0.29, 0.717) is 0 Å². The van der Waals surface area contributed by atoms with Gasteiger partial charge < -0.3 is 17.2 Å². The molecule has 0 bridgehead atoms. The van der Waals surface area contributed by atoms with E-state index in [9.17, 15) is 10.1 Å². The van der Waals surface area contributed by atoms with Crippen LogP contribution < -0.4 is 4.74 Å². The number of methoxy groups -OCH3 is 1. The third-order valence-electron chi connectivity index (χ3n) is 2.77. The molecule has 0 radical (unpaired) electrons. The third kappa shape index (κ3) is 6.48. The maximum atomic E-state index is 10.6. The Balaban J connectivity index is 0.00000155. The Morgan fingerprint density at radius 3 is 2.30 bits per heavy atom. The zero-order chi connectivity index (χ0) is 16.5. The molecule has 0 N–H and O–H groups in total. The molecule has 0 atom stereocenters. The van der Waals surface area contributed by atoms with Crippen LogP contribution in [-0.2, 0) is 17.9 Å². The monoisotopic (exact) mass is 512 g/mol. The second-order valence-electron chi connectivity index (χ2n) is 4.11. The van der Waals surface area contributed by atoms with Crippen molar-refractivity contribution in [2.24, 2.45) is 4.99 Å². The van der Waals surface area contributed by atoms with Crippen molar-refractivity contribution in [1.29, 1.82) is 0 Å². The van der Waals surface area contributed by atoms with Gasteiger partial charge in [-0.3, -0.25) is 10.1 Å². The van der Waals surface area contributed by atoms with E-state index in [2.05, 4.69) is 20.6 Å². The van der Waals surface area contributed by atoms with Gasteiger partial charge in [-0.25, -0.2) is 0 Å². The van der Waals surface area contributed by atoms with Gasteiger partial charge >= 0.3 is 27.5 Å². The summed E-state index contributed by atoms with van der Waals surface area (Å²) in [6, 6.07) is 14.6. The van der Waals surface area contributed by atoms with Crippen molar-refractivity contribution in [3.8, 4) is 5.75 Å². The second-order valence-corrected chi connectivity index (χ2v) is 4.11. The molecular formula is C16H16ClIrN2O3. The Kier molecular flexibility index (Phi) is 10.1. The summed E-state index contributed by atoms with van der Waals surface area (Å²) in [5.74, 6) is 0.767. The fourth-order valence-electron chi connectivity index (χ4n) is 1.67. The molecular weight excluding hydrogens is 496 g/mol. The predicted molar refractivity (Wildman–Crippen MR) is 89.1 cm³/mol. The Morgan fingerprint density at radius 2 is 1.87 bits per heavy atom. The molecule has 7 heteroatoms. The molecule has 0 aliphatic carbocycles. The Morgan fingerprint density at radius 1 is 1.26 bits per heavy atom. The number of benzene rings is 2. The molecule has 124 valence electrons. The van der Waals surface area contributed by atoms with E-state index in [-0.39, 0.29) is 13.1 Å². The Bertz CT molecular complexity index is 643. The average molecular weight is 512 g/mol. The van der Waals surface area contributed by atoms with Gasteiger partial charge in [-0.05, 0) is 30.0 Å². The van der Waals surface area contributed by atoms with Gasteiger partial charge in [0.05, 0.1) is 12.8 Å². The van der Waals surface area contributed by atoms with Gasteiger partial charge in [-0.1, -0.05) is 19.1 Å². The van der Waals surface area contributed by atoms with Crippen molar-refractivity contribution >= 4 is 26.7 Å². The number of hydrogen-bond donors (Lipinski definition) is 0. The van der Waals surface area contributed by atoms with Crippen LogP contribution in [-0.4, -0.2) is 17.7 Å². The zero-order valence-electron chi connectivity index (χ0n) is 12.9. The molecule has 0 aliphatic rings. The summed E-state index contributed by atoms with van der Waals surface area (Å²) >= 11 is 1.47. The van der Waals surface area contributed by atoms with Crippen molar-refractivity contribution in [3.63, 3.8) is 0 Å². The number of rotatable bonds is 4. The average Bonchev–Trinajstić information content (AvgIpc) is 2.57. The number of hydrogen-bond acceptors (Lipinski definition) is 4. The van der Waals surface area contributed by atoms with Gasteiger partial charge in [-0.2, -0.15) is 0 Å². The summed E-state index contributed by atoms with van der Waals surface area (Å²) < 4.78 is 5.08. The molecule has 0 spiro atoms. The third-order valence-corrected chi connectivity index (χ3v) is 2.77. The zero-order valence-corrected chi connectivity index (χ0v) is 16.0. The molecule has 0 saturated carbocycles. The fraction of sp³-hybridized carbons (Fsp3) is 0.125. The minimum atomic E-state index is -0.448. The van der Waals surface area contributed by atoms with Crippen LogP contribution in [0.3, 0.4) is 0 Å². The molecule has 0 amide bonds. The SMILES string of the molecule is COc1ccc(N=C(C)c2[c-]cc([N+](=O)[O-])cc2)cc1.[CH3-].[Cl][Ir+2]. The predicted octanol–water partition coefficient (Wildman–Crippen LogP) is 4.68. The van der Waals surface area contributed by atoms with Crippen LogP contribution >= 0.6 is 9.58 Å². The van der Waals surface area contributed by atoms with Gasteiger partial charge in [0.2, 0.25) is 0 Å². The standard InChI is InChI=1S/C15H13N2O3.CH3.ClH.Ir/c1-11(12-3-7-14(8-4-12)17(18)19)16-13-5-9-15(20-2)10-6-13;;;/h3,5-10H,1-2H3;1H3;1H;/q2*-1;;+3/p-1. The first-order chi connectivity index (χ1) is 10.6. The van der Waals surface area contributed by atoms with Gasteiger partial charge in [0.25, 0.3) is 0 Å². The summed E-state index contributed by atoms with van der Waals surface area (Å²) in [4.78, 5) is 14.6. The van der Waals surface area contributed by atoms with Gasteiger partial charge in [-0.15, -0.1) is 17.7 Å². The first-order valence-corrected chi connectivity index (χ1v) is 9.05. The normalized spacial score (nSPS) is 10.0. The van der Waals surface area contributed by atoms with E-state index in [0.717, 1.165) is 22.7 Å². The molecule has 0 aromatic heterocycles. The number of non-ortho nitro benzene ring substituents is 1. The molecule has 0 heterocycles. The molecule has 23 heavy (non-hydrogen) atoms. The number of nitro benzene ring substituents is 1. The fourth-order valence-corrected chi connectivity index (χ4v) is 1.67. The first-order valence-electron chi connectivity index (χ1n) is 6.08. The maximum absolute atomic E-state index is 10.6. The Labute approximate surface area is 150 Å². The summed E-state index contributed by atoms with van der Waals surface area (Å²) in [6.45, 7) is 1.84. The van der Waals surface area contributed by atoms with E-state index in [4.69, 9.17) is 4.74 Å². The first kappa shape index (κ1) is 21.2.